The van der Waals surface area contributed by atoms with Crippen LogP contribution < -0.4 is 10.6 Å². The lowest BCUT2D eigenvalue weighted by Gasteiger charge is -2.21. The van der Waals surface area contributed by atoms with Crippen molar-refractivity contribution in [2.75, 3.05) is 25.0 Å². The van der Waals surface area contributed by atoms with Crippen LogP contribution in [-0.2, 0) is 4.79 Å². The third-order valence-corrected chi connectivity index (χ3v) is 5.40. The average molecular weight is 380 g/mol. The van der Waals surface area contributed by atoms with E-state index in [2.05, 4.69) is 16.7 Å². The average Bonchev–Trinajstić information content (AvgIpc) is 3.30. The van der Waals surface area contributed by atoms with Crippen LogP contribution in [0.4, 0.5) is 18.9 Å². The number of anilines is 1. The molecule has 1 aromatic carbocycles. The van der Waals surface area contributed by atoms with Crippen molar-refractivity contribution >= 4 is 11.6 Å². The van der Waals surface area contributed by atoms with E-state index in [0.29, 0.717) is 19.2 Å². The van der Waals surface area contributed by atoms with Gasteiger partial charge in [0, 0.05) is 31.3 Å². The molecule has 5 nitrogen and oxygen atoms in total. The van der Waals surface area contributed by atoms with Gasteiger partial charge in [0.25, 0.3) is 0 Å². The Bertz CT molecular complexity index is 736. The fourth-order valence-electron chi connectivity index (χ4n) is 3.89. The molecule has 1 heterocycles. The topological polar surface area (TPSA) is 68.2 Å². The smallest absolute Gasteiger partial charge is 0.237 e. The summed E-state index contributed by atoms with van der Waals surface area (Å²) in [7, 11) is 0. The van der Waals surface area contributed by atoms with Crippen LogP contribution in [-0.4, -0.2) is 42.5 Å². The van der Waals surface area contributed by atoms with E-state index in [1.165, 1.54) is 0 Å². The molecule has 2 aliphatic rings. The van der Waals surface area contributed by atoms with Crippen molar-refractivity contribution in [1.29, 1.82) is 5.26 Å². The first-order valence-electron chi connectivity index (χ1n) is 9.28. The van der Waals surface area contributed by atoms with Gasteiger partial charge in [-0.1, -0.05) is 0 Å². The van der Waals surface area contributed by atoms with Crippen molar-refractivity contribution in [3.05, 3.63) is 29.6 Å². The fraction of sp³-hybridized carbons (Fsp3) is 0.579. The Hall–Kier alpha value is -2.27. The number of rotatable bonds is 6. The summed E-state index contributed by atoms with van der Waals surface area (Å²) in [6.07, 6.45) is 4.20. The molecule has 1 saturated carbocycles. The van der Waals surface area contributed by atoms with Gasteiger partial charge in [-0.3, -0.25) is 4.79 Å². The van der Waals surface area contributed by atoms with Crippen LogP contribution in [0.25, 0.3) is 0 Å². The van der Waals surface area contributed by atoms with Crippen LogP contribution >= 0.6 is 0 Å². The maximum absolute atomic E-state index is 13.7. The number of amides is 1. The highest BCUT2D eigenvalue weighted by Gasteiger charge is 2.30. The Morgan fingerprint density at radius 1 is 1.19 bits per heavy atom. The van der Waals surface area contributed by atoms with Crippen molar-refractivity contribution in [3.8, 4) is 6.07 Å². The molecule has 3 atom stereocenters. The first-order chi connectivity index (χ1) is 13.0. The molecule has 3 rings (SSSR count). The highest BCUT2D eigenvalue weighted by Crippen LogP contribution is 2.27. The molecule has 0 radical (unpaired) electrons. The van der Waals surface area contributed by atoms with E-state index < -0.39 is 17.5 Å². The van der Waals surface area contributed by atoms with Gasteiger partial charge in [-0.2, -0.15) is 5.26 Å². The normalized spacial score (nSPS) is 24.8. The zero-order valence-electron chi connectivity index (χ0n) is 15.0. The number of hydrogen-bond acceptors (Lipinski definition) is 4. The van der Waals surface area contributed by atoms with Gasteiger partial charge in [0.15, 0.2) is 11.6 Å². The van der Waals surface area contributed by atoms with Gasteiger partial charge < -0.3 is 15.5 Å². The molecule has 1 saturated heterocycles. The Morgan fingerprint density at radius 2 is 1.96 bits per heavy atom. The van der Waals surface area contributed by atoms with Gasteiger partial charge in [-0.05, 0) is 38.0 Å². The van der Waals surface area contributed by atoms with Crippen molar-refractivity contribution in [3.63, 3.8) is 0 Å². The zero-order valence-corrected chi connectivity index (χ0v) is 15.0. The number of carbonyl (C=O) groups excluding carboxylic acids is 1. The van der Waals surface area contributed by atoms with E-state index in [1.807, 2.05) is 0 Å². The SMILES string of the molecule is N#C[C@@H]1CCCN1C(=O)CN[C@@H]1CC[C@@H](CNc2cc(F)c(F)cc2F)C1. The summed E-state index contributed by atoms with van der Waals surface area (Å²) in [4.78, 5) is 13.9. The van der Waals surface area contributed by atoms with Gasteiger partial charge in [0.1, 0.15) is 11.9 Å². The van der Waals surface area contributed by atoms with Gasteiger partial charge in [0.2, 0.25) is 5.91 Å². The summed E-state index contributed by atoms with van der Waals surface area (Å²) in [6.45, 7) is 1.30. The highest BCUT2D eigenvalue weighted by molar-refractivity contribution is 5.79. The van der Waals surface area contributed by atoms with Crippen molar-refractivity contribution < 1.29 is 18.0 Å². The van der Waals surface area contributed by atoms with E-state index >= 15 is 0 Å². The molecule has 1 aliphatic carbocycles. The Balaban J connectivity index is 1.42. The highest BCUT2D eigenvalue weighted by atomic mass is 19.2. The van der Waals surface area contributed by atoms with Crippen LogP contribution in [0.2, 0.25) is 0 Å². The molecule has 27 heavy (non-hydrogen) atoms. The summed E-state index contributed by atoms with van der Waals surface area (Å²) in [5.41, 5.74) is -0.0444. The molecule has 146 valence electrons. The maximum Gasteiger partial charge on any atom is 0.237 e. The van der Waals surface area contributed by atoms with Gasteiger partial charge in [-0.25, -0.2) is 13.2 Å². The first-order valence-corrected chi connectivity index (χ1v) is 9.28. The van der Waals surface area contributed by atoms with Crippen molar-refractivity contribution in [2.24, 2.45) is 5.92 Å². The van der Waals surface area contributed by atoms with E-state index in [9.17, 15) is 18.0 Å². The van der Waals surface area contributed by atoms with Gasteiger partial charge >= 0.3 is 0 Å². The minimum atomic E-state index is -1.20. The molecular formula is C19H23F3N4O. The van der Waals surface area contributed by atoms with Crippen molar-refractivity contribution in [2.45, 2.75) is 44.2 Å². The molecular weight excluding hydrogens is 357 g/mol. The number of benzene rings is 1. The Kier molecular flexibility index (Phi) is 6.22. The molecule has 1 amide bonds. The largest absolute Gasteiger partial charge is 0.382 e. The molecule has 8 heteroatoms. The number of nitriles is 1. The fourth-order valence-corrected chi connectivity index (χ4v) is 3.89. The first kappa shape index (κ1) is 19.5. The summed E-state index contributed by atoms with van der Waals surface area (Å²) in [6, 6.07) is 3.39. The lowest BCUT2D eigenvalue weighted by molar-refractivity contribution is -0.130. The van der Waals surface area contributed by atoms with E-state index in [4.69, 9.17) is 5.26 Å². The van der Waals surface area contributed by atoms with Gasteiger partial charge in [-0.15, -0.1) is 0 Å². The summed E-state index contributed by atoms with van der Waals surface area (Å²) >= 11 is 0. The molecule has 2 N–H and O–H groups in total. The summed E-state index contributed by atoms with van der Waals surface area (Å²) in [5.74, 6) is -2.90. The van der Waals surface area contributed by atoms with Crippen molar-refractivity contribution in [1.82, 2.24) is 10.2 Å². The minimum Gasteiger partial charge on any atom is -0.382 e. The molecule has 0 unspecified atom stereocenters. The zero-order chi connectivity index (χ0) is 19.4. The number of nitrogens with zero attached hydrogens (tertiary/aromatic N) is 2. The molecule has 2 fully saturated rings. The number of carbonyl (C=O) groups is 1. The van der Waals surface area contributed by atoms with E-state index in [1.54, 1.807) is 4.90 Å². The van der Waals surface area contributed by atoms with Crippen LogP contribution in [0.3, 0.4) is 0 Å². The van der Waals surface area contributed by atoms with E-state index in [-0.39, 0.29) is 36.1 Å². The molecule has 0 spiro atoms. The number of halogens is 3. The Morgan fingerprint density at radius 3 is 2.74 bits per heavy atom. The predicted molar refractivity (Wildman–Crippen MR) is 94.3 cm³/mol. The third-order valence-electron chi connectivity index (χ3n) is 5.40. The maximum atomic E-state index is 13.7. The molecule has 1 aliphatic heterocycles. The molecule has 0 aromatic heterocycles. The third kappa shape index (κ3) is 4.72. The number of hydrogen-bond donors (Lipinski definition) is 2. The predicted octanol–water partition coefficient (Wildman–Crippen LogP) is 2.79. The minimum absolute atomic E-state index is 0.0444. The lowest BCUT2D eigenvalue weighted by Crippen LogP contribution is -2.43. The summed E-state index contributed by atoms with van der Waals surface area (Å²) < 4.78 is 39.8. The second-order valence-electron chi connectivity index (χ2n) is 7.26. The van der Waals surface area contributed by atoms with Crippen LogP contribution in [0.15, 0.2) is 12.1 Å². The van der Waals surface area contributed by atoms with Crippen LogP contribution in [0.5, 0.6) is 0 Å². The van der Waals surface area contributed by atoms with E-state index in [0.717, 1.165) is 38.2 Å². The lowest BCUT2D eigenvalue weighted by atomic mass is 10.1. The van der Waals surface area contributed by atoms with Crippen LogP contribution in [0, 0.1) is 34.7 Å². The quantitative estimate of drug-likeness (QED) is 0.745. The second kappa shape index (κ2) is 8.61. The monoisotopic (exact) mass is 380 g/mol. The molecule has 1 aromatic rings. The summed E-state index contributed by atoms with van der Waals surface area (Å²) in [5, 5.41) is 15.2. The number of likely N-dealkylation sites (tertiary alicyclic amines) is 1. The second-order valence-corrected chi connectivity index (χ2v) is 7.26. The van der Waals surface area contributed by atoms with Crippen LogP contribution in [0.1, 0.15) is 32.1 Å². The Labute approximate surface area is 156 Å². The number of nitrogens with one attached hydrogen (secondary N) is 2. The molecule has 0 bridgehead atoms. The van der Waals surface area contributed by atoms with Gasteiger partial charge in [0.05, 0.1) is 18.3 Å². The standard InChI is InChI=1S/C19H23F3N4O/c20-15-7-17(22)18(8-16(15)21)25-10-12-3-4-13(6-12)24-11-19(27)26-5-1-2-14(26)9-23/h7-8,12-14,24-25H,1-6,10-11H2/t12-,13-,14+/m1/s1.